The van der Waals surface area contributed by atoms with Gasteiger partial charge in [-0.3, -0.25) is 4.79 Å². The van der Waals surface area contributed by atoms with Crippen LogP contribution >= 0.6 is 0 Å². The summed E-state index contributed by atoms with van der Waals surface area (Å²) in [5, 5.41) is 2.75. The number of carbonyl (C=O) groups excluding carboxylic acids is 1. The normalized spacial score (nSPS) is 11.2. The van der Waals surface area contributed by atoms with Gasteiger partial charge in [-0.25, -0.2) is 12.7 Å². The number of hydrogen-bond acceptors (Lipinski definition) is 5. The lowest BCUT2D eigenvalue weighted by Gasteiger charge is -2.17. The number of benzene rings is 3. The molecule has 1 amide bonds. The van der Waals surface area contributed by atoms with E-state index in [0.29, 0.717) is 29.4 Å². The quantitative estimate of drug-likeness (QED) is 0.562. The largest absolute Gasteiger partial charge is 0.492 e. The average Bonchev–Trinajstić information content (AvgIpc) is 2.76. The van der Waals surface area contributed by atoms with Gasteiger partial charge in [-0.1, -0.05) is 30.3 Å². The number of ether oxygens (including phenoxy) is 2. The molecule has 0 aliphatic heterocycles. The molecule has 0 heterocycles. The zero-order valence-corrected chi connectivity index (χ0v) is 18.3. The fraction of sp³-hybridized carbons (Fsp3) is 0.174. The molecule has 3 aromatic carbocycles. The summed E-state index contributed by atoms with van der Waals surface area (Å²) in [6.07, 6.45) is 0. The Morgan fingerprint density at radius 3 is 2.29 bits per heavy atom. The first-order chi connectivity index (χ1) is 14.8. The van der Waals surface area contributed by atoms with Crippen LogP contribution in [0.4, 0.5) is 5.69 Å². The molecule has 31 heavy (non-hydrogen) atoms. The van der Waals surface area contributed by atoms with Crippen LogP contribution in [0.25, 0.3) is 0 Å². The van der Waals surface area contributed by atoms with Gasteiger partial charge in [0.05, 0.1) is 12.2 Å². The van der Waals surface area contributed by atoms with Crippen LogP contribution in [0.5, 0.6) is 17.2 Å². The Hall–Kier alpha value is -3.36. The molecule has 0 bridgehead atoms. The van der Waals surface area contributed by atoms with E-state index in [1.54, 1.807) is 49.4 Å². The standard InChI is InChI=1S/C23H24N2O5S/c1-4-29-21-15-14-17(16-22(21)31(27,28)25(2)3)24-23(26)19-12-8-9-13-20(19)30-18-10-6-5-7-11-18/h5-16H,4H2,1-3H3,(H,24,26). The Morgan fingerprint density at radius 1 is 0.935 bits per heavy atom. The lowest BCUT2D eigenvalue weighted by atomic mass is 10.1. The molecule has 0 aromatic heterocycles. The number of para-hydroxylation sites is 2. The van der Waals surface area contributed by atoms with E-state index in [1.165, 1.54) is 26.2 Å². The molecule has 1 N–H and O–H groups in total. The smallest absolute Gasteiger partial charge is 0.259 e. The molecule has 0 saturated heterocycles. The summed E-state index contributed by atoms with van der Waals surface area (Å²) in [6.45, 7) is 2.08. The highest BCUT2D eigenvalue weighted by Crippen LogP contribution is 2.30. The van der Waals surface area contributed by atoms with Crippen molar-refractivity contribution >= 4 is 21.6 Å². The molecule has 0 fully saturated rings. The van der Waals surface area contributed by atoms with Crippen molar-refractivity contribution in [3.05, 3.63) is 78.4 Å². The molecule has 162 valence electrons. The van der Waals surface area contributed by atoms with Crippen molar-refractivity contribution in [2.24, 2.45) is 0 Å². The minimum Gasteiger partial charge on any atom is -0.492 e. The lowest BCUT2D eigenvalue weighted by molar-refractivity contribution is 0.102. The minimum absolute atomic E-state index is 0.0222. The summed E-state index contributed by atoms with van der Waals surface area (Å²) < 4.78 is 37.8. The van der Waals surface area contributed by atoms with E-state index in [2.05, 4.69) is 5.32 Å². The molecule has 0 aliphatic carbocycles. The number of carbonyl (C=O) groups is 1. The molecule has 0 spiro atoms. The van der Waals surface area contributed by atoms with Gasteiger partial charge in [0.1, 0.15) is 22.1 Å². The fourth-order valence-corrected chi connectivity index (χ4v) is 3.87. The van der Waals surface area contributed by atoms with Gasteiger partial charge in [-0.05, 0) is 49.4 Å². The Balaban J connectivity index is 1.91. The SMILES string of the molecule is CCOc1ccc(NC(=O)c2ccccc2Oc2ccccc2)cc1S(=O)(=O)N(C)C. The maximum atomic E-state index is 12.9. The number of sulfonamides is 1. The van der Waals surface area contributed by atoms with E-state index in [4.69, 9.17) is 9.47 Å². The average molecular weight is 441 g/mol. The van der Waals surface area contributed by atoms with E-state index < -0.39 is 15.9 Å². The van der Waals surface area contributed by atoms with E-state index in [9.17, 15) is 13.2 Å². The Kier molecular flexibility index (Phi) is 6.94. The second-order valence-corrected chi connectivity index (χ2v) is 8.87. The fourth-order valence-electron chi connectivity index (χ4n) is 2.82. The van der Waals surface area contributed by atoms with Crippen molar-refractivity contribution in [1.29, 1.82) is 0 Å². The molecule has 7 nitrogen and oxygen atoms in total. The summed E-state index contributed by atoms with van der Waals surface area (Å²) in [7, 11) is -0.893. The highest BCUT2D eigenvalue weighted by atomic mass is 32.2. The number of hydrogen-bond donors (Lipinski definition) is 1. The van der Waals surface area contributed by atoms with Crippen molar-refractivity contribution in [2.75, 3.05) is 26.0 Å². The maximum absolute atomic E-state index is 12.9. The summed E-state index contributed by atoms with van der Waals surface area (Å²) in [6, 6.07) is 20.5. The van der Waals surface area contributed by atoms with Crippen molar-refractivity contribution in [3.63, 3.8) is 0 Å². The highest BCUT2D eigenvalue weighted by molar-refractivity contribution is 7.89. The van der Waals surface area contributed by atoms with Crippen LogP contribution in [0.2, 0.25) is 0 Å². The molecule has 0 atom stereocenters. The zero-order valence-electron chi connectivity index (χ0n) is 17.5. The Morgan fingerprint density at radius 2 is 1.61 bits per heavy atom. The van der Waals surface area contributed by atoms with Gasteiger partial charge in [0.2, 0.25) is 10.0 Å². The maximum Gasteiger partial charge on any atom is 0.259 e. The predicted octanol–water partition coefficient (Wildman–Crippen LogP) is 4.38. The van der Waals surface area contributed by atoms with Crippen LogP contribution in [-0.2, 0) is 10.0 Å². The van der Waals surface area contributed by atoms with E-state index in [1.807, 2.05) is 18.2 Å². The Bertz CT molecular complexity index is 1160. The number of rotatable bonds is 8. The van der Waals surface area contributed by atoms with Crippen LogP contribution in [0, 0.1) is 0 Å². The first kappa shape index (κ1) is 22.3. The van der Waals surface area contributed by atoms with Gasteiger partial charge < -0.3 is 14.8 Å². The molecule has 8 heteroatoms. The van der Waals surface area contributed by atoms with Gasteiger partial charge in [-0.2, -0.15) is 0 Å². The molecule has 0 unspecified atom stereocenters. The summed E-state index contributed by atoms with van der Waals surface area (Å²) in [4.78, 5) is 12.9. The third kappa shape index (κ3) is 5.22. The van der Waals surface area contributed by atoms with Gasteiger partial charge in [0.15, 0.2) is 0 Å². The predicted molar refractivity (Wildman–Crippen MR) is 119 cm³/mol. The molecular weight excluding hydrogens is 416 g/mol. The second kappa shape index (κ2) is 9.63. The molecule has 0 radical (unpaired) electrons. The second-order valence-electron chi connectivity index (χ2n) is 6.75. The van der Waals surface area contributed by atoms with Crippen molar-refractivity contribution in [3.8, 4) is 17.2 Å². The van der Waals surface area contributed by atoms with Crippen molar-refractivity contribution in [2.45, 2.75) is 11.8 Å². The van der Waals surface area contributed by atoms with Crippen molar-refractivity contribution in [1.82, 2.24) is 4.31 Å². The van der Waals surface area contributed by atoms with Crippen LogP contribution in [0.15, 0.2) is 77.7 Å². The van der Waals surface area contributed by atoms with E-state index in [-0.39, 0.29) is 10.6 Å². The van der Waals surface area contributed by atoms with Gasteiger partial charge in [0, 0.05) is 19.8 Å². The first-order valence-corrected chi connectivity index (χ1v) is 11.1. The van der Waals surface area contributed by atoms with Crippen LogP contribution in [-0.4, -0.2) is 39.3 Å². The number of nitrogens with zero attached hydrogens (tertiary/aromatic N) is 1. The highest BCUT2D eigenvalue weighted by Gasteiger charge is 2.23. The number of nitrogens with one attached hydrogen (secondary N) is 1. The van der Waals surface area contributed by atoms with Gasteiger partial charge >= 0.3 is 0 Å². The summed E-state index contributed by atoms with van der Waals surface area (Å²) in [5.41, 5.74) is 0.639. The van der Waals surface area contributed by atoms with Crippen LogP contribution in [0.1, 0.15) is 17.3 Å². The number of anilines is 1. The van der Waals surface area contributed by atoms with Crippen LogP contribution < -0.4 is 14.8 Å². The van der Waals surface area contributed by atoms with Gasteiger partial charge in [0.25, 0.3) is 5.91 Å². The molecule has 0 saturated carbocycles. The van der Waals surface area contributed by atoms with Crippen LogP contribution in [0.3, 0.4) is 0 Å². The Labute approximate surface area is 182 Å². The summed E-state index contributed by atoms with van der Waals surface area (Å²) in [5.74, 6) is 0.785. The third-order valence-electron chi connectivity index (χ3n) is 4.36. The van der Waals surface area contributed by atoms with E-state index >= 15 is 0 Å². The number of amides is 1. The van der Waals surface area contributed by atoms with E-state index in [0.717, 1.165) is 4.31 Å². The van der Waals surface area contributed by atoms with Gasteiger partial charge in [-0.15, -0.1) is 0 Å². The molecule has 3 aromatic rings. The van der Waals surface area contributed by atoms with Crippen molar-refractivity contribution < 1.29 is 22.7 Å². The lowest BCUT2D eigenvalue weighted by Crippen LogP contribution is -2.23. The summed E-state index contributed by atoms with van der Waals surface area (Å²) >= 11 is 0. The topological polar surface area (TPSA) is 84.9 Å². The molecule has 0 aliphatic rings. The molecular formula is C23H24N2O5S. The zero-order chi connectivity index (χ0) is 22.4. The monoisotopic (exact) mass is 440 g/mol. The molecule has 3 rings (SSSR count). The first-order valence-electron chi connectivity index (χ1n) is 9.65. The third-order valence-corrected chi connectivity index (χ3v) is 6.20. The minimum atomic E-state index is -3.77.